The van der Waals surface area contributed by atoms with Crippen LogP contribution in [-0.2, 0) is 9.84 Å². The second-order valence-electron chi connectivity index (χ2n) is 10.5. The molecule has 0 bridgehead atoms. The predicted molar refractivity (Wildman–Crippen MR) is 141 cm³/mol. The highest BCUT2D eigenvalue weighted by Gasteiger charge is 2.43. The van der Waals surface area contributed by atoms with Crippen LogP contribution in [0.2, 0.25) is 0 Å². The molecular weight excluding hydrogens is 500 g/mol. The molecule has 0 spiro atoms. The van der Waals surface area contributed by atoms with Crippen molar-refractivity contribution in [3.05, 3.63) is 23.7 Å². The second-order valence-corrected chi connectivity index (χ2v) is 13.7. The van der Waals surface area contributed by atoms with E-state index in [0.29, 0.717) is 23.8 Å². The van der Waals surface area contributed by atoms with Crippen molar-refractivity contribution in [2.45, 2.75) is 70.2 Å². The van der Waals surface area contributed by atoms with E-state index in [1.807, 2.05) is 19.9 Å². The van der Waals surface area contributed by atoms with E-state index in [-0.39, 0.29) is 11.3 Å². The van der Waals surface area contributed by atoms with Crippen molar-refractivity contribution in [1.29, 1.82) is 0 Å². The SMILES string of the molecule is Cc1nc(NC2(C)CCC2)nc(N[C@@H]2C[C@H](CS(C)(=O)=O)[C@@H](O)[C@H]2O)c1-c1nc2c(C)nccc2s1. The van der Waals surface area contributed by atoms with E-state index >= 15 is 0 Å². The zero-order valence-corrected chi connectivity index (χ0v) is 22.4. The zero-order chi connectivity index (χ0) is 25.8. The summed E-state index contributed by atoms with van der Waals surface area (Å²) >= 11 is 1.51. The minimum atomic E-state index is -3.31. The number of anilines is 2. The van der Waals surface area contributed by atoms with Crippen LogP contribution < -0.4 is 10.6 Å². The van der Waals surface area contributed by atoms with Crippen molar-refractivity contribution in [3.63, 3.8) is 0 Å². The van der Waals surface area contributed by atoms with Gasteiger partial charge in [-0.15, -0.1) is 11.3 Å². The third-order valence-corrected chi connectivity index (χ3v) is 9.38. The molecule has 2 fully saturated rings. The van der Waals surface area contributed by atoms with Crippen LogP contribution in [0.3, 0.4) is 0 Å². The number of nitrogens with one attached hydrogen (secondary N) is 2. The molecule has 0 saturated heterocycles. The van der Waals surface area contributed by atoms with Crippen LogP contribution in [0.25, 0.3) is 20.8 Å². The summed E-state index contributed by atoms with van der Waals surface area (Å²) in [6.07, 6.45) is 4.12. The van der Waals surface area contributed by atoms with E-state index in [2.05, 4.69) is 22.5 Å². The lowest BCUT2D eigenvalue weighted by Gasteiger charge is -2.39. The molecule has 0 aromatic carbocycles. The summed E-state index contributed by atoms with van der Waals surface area (Å²) in [5, 5.41) is 28.8. The van der Waals surface area contributed by atoms with Crippen LogP contribution in [0.4, 0.5) is 11.8 Å². The van der Waals surface area contributed by atoms with Gasteiger partial charge in [0.25, 0.3) is 0 Å². The maximum absolute atomic E-state index is 11.9. The highest BCUT2D eigenvalue weighted by Crippen LogP contribution is 2.40. The van der Waals surface area contributed by atoms with Gasteiger partial charge in [-0.3, -0.25) is 4.98 Å². The van der Waals surface area contributed by atoms with Gasteiger partial charge < -0.3 is 20.8 Å². The van der Waals surface area contributed by atoms with Crippen molar-refractivity contribution in [3.8, 4) is 10.6 Å². The number of aliphatic hydroxyl groups is 2. The van der Waals surface area contributed by atoms with Crippen molar-refractivity contribution in [1.82, 2.24) is 19.9 Å². The van der Waals surface area contributed by atoms with Crippen molar-refractivity contribution in [2.24, 2.45) is 5.92 Å². The van der Waals surface area contributed by atoms with Gasteiger partial charge in [-0.25, -0.2) is 18.4 Å². The number of aliphatic hydroxyl groups excluding tert-OH is 2. The first-order chi connectivity index (χ1) is 16.9. The van der Waals surface area contributed by atoms with Gasteiger partial charge in [0, 0.05) is 23.9 Å². The number of aromatic nitrogens is 4. The van der Waals surface area contributed by atoms with Crippen LogP contribution >= 0.6 is 11.3 Å². The molecule has 2 aliphatic carbocycles. The van der Waals surface area contributed by atoms with Gasteiger partial charge in [-0.2, -0.15) is 4.98 Å². The Kier molecular flexibility index (Phi) is 6.42. The number of pyridine rings is 1. The number of thiazole rings is 1. The molecule has 2 saturated carbocycles. The van der Waals surface area contributed by atoms with Crippen LogP contribution in [-0.4, -0.2) is 74.4 Å². The Bertz CT molecular complexity index is 1410. The smallest absolute Gasteiger partial charge is 0.225 e. The molecule has 0 unspecified atom stereocenters. The minimum absolute atomic E-state index is 0.0620. The minimum Gasteiger partial charge on any atom is -0.390 e. The molecule has 3 aromatic heterocycles. The van der Waals surface area contributed by atoms with Gasteiger partial charge in [0.2, 0.25) is 5.95 Å². The van der Waals surface area contributed by atoms with E-state index < -0.39 is 34.0 Å². The van der Waals surface area contributed by atoms with Gasteiger partial charge in [0.05, 0.1) is 39.5 Å². The fourth-order valence-corrected chi connectivity index (χ4v) is 7.40. The molecule has 0 aliphatic heterocycles. The molecule has 2 aliphatic rings. The average molecular weight is 533 g/mol. The Labute approximate surface area is 214 Å². The van der Waals surface area contributed by atoms with Gasteiger partial charge >= 0.3 is 0 Å². The number of hydrogen-bond acceptors (Lipinski definition) is 11. The predicted octanol–water partition coefficient (Wildman–Crippen LogP) is 2.69. The summed E-state index contributed by atoms with van der Waals surface area (Å²) < 4.78 is 24.7. The van der Waals surface area contributed by atoms with Crippen LogP contribution in [0, 0.1) is 19.8 Å². The van der Waals surface area contributed by atoms with E-state index in [1.165, 1.54) is 11.3 Å². The standard InChI is InChI=1S/C24H32N6O4S2/c1-12-17(22-28-18-13(2)25-9-6-16(18)35-22)21(29-23(26-12)30-24(3)7-5-8-24)27-15-10-14(11-36(4,33)34)19(31)20(15)32/h6,9,14-15,19-20,31-32H,5,7-8,10-11H2,1-4H3,(H2,26,27,29,30)/t14-,15-,19-,20+/m1/s1. The fraction of sp³-hybridized carbons (Fsp3) is 0.583. The first-order valence-corrected chi connectivity index (χ1v) is 15.0. The van der Waals surface area contributed by atoms with Gasteiger partial charge in [-0.1, -0.05) is 0 Å². The molecule has 0 amide bonds. The largest absolute Gasteiger partial charge is 0.390 e. The van der Waals surface area contributed by atoms with E-state index in [0.717, 1.165) is 52.1 Å². The molecule has 36 heavy (non-hydrogen) atoms. The highest BCUT2D eigenvalue weighted by atomic mass is 32.2. The summed E-state index contributed by atoms with van der Waals surface area (Å²) in [7, 11) is -3.31. The lowest BCUT2D eigenvalue weighted by atomic mass is 9.79. The van der Waals surface area contributed by atoms with Crippen molar-refractivity contribution >= 4 is 43.2 Å². The zero-order valence-electron chi connectivity index (χ0n) is 20.8. The molecule has 194 valence electrons. The number of aryl methyl sites for hydroxylation is 2. The Hall–Kier alpha value is -2.41. The van der Waals surface area contributed by atoms with Crippen molar-refractivity contribution < 1.29 is 18.6 Å². The fourth-order valence-electron chi connectivity index (χ4n) is 5.18. The molecule has 5 rings (SSSR count). The maximum atomic E-state index is 11.9. The van der Waals surface area contributed by atoms with Crippen LogP contribution in [0.5, 0.6) is 0 Å². The third kappa shape index (κ3) is 4.91. The molecule has 0 radical (unpaired) electrons. The first-order valence-electron chi connectivity index (χ1n) is 12.1. The summed E-state index contributed by atoms with van der Waals surface area (Å²) in [4.78, 5) is 18.7. The van der Waals surface area contributed by atoms with Crippen molar-refractivity contribution in [2.75, 3.05) is 22.6 Å². The van der Waals surface area contributed by atoms with E-state index in [9.17, 15) is 18.6 Å². The molecular formula is C24H32N6O4S2. The first kappa shape index (κ1) is 25.2. The number of fused-ring (bicyclic) bond motifs is 1. The molecule has 3 aromatic rings. The Morgan fingerprint density at radius 2 is 1.89 bits per heavy atom. The monoisotopic (exact) mass is 532 g/mol. The Morgan fingerprint density at radius 1 is 1.14 bits per heavy atom. The van der Waals surface area contributed by atoms with E-state index in [4.69, 9.17) is 15.0 Å². The Balaban J connectivity index is 1.54. The van der Waals surface area contributed by atoms with E-state index in [1.54, 1.807) is 6.20 Å². The topological polar surface area (TPSA) is 150 Å². The summed E-state index contributed by atoms with van der Waals surface area (Å²) in [6.45, 7) is 5.96. The molecule has 3 heterocycles. The molecule has 10 nitrogen and oxygen atoms in total. The molecule has 4 N–H and O–H groups in total. The third-order valence-electron chi connectivity index (χ3n) is 7.31. The molecule has 4 atom stereocenters. The average Bonchev–Trinajstić information content (AvgIpc) is 3.29. The van der Waals surface area contributed by atoms with Gasteiger partial charge in [0.1, 0.15) is 32.3 Å². The maximum Gasteiger partial charge on any atom is 0.225 e. The molecule has 12 heteroatoms. The lowest BCUT2D eigenvalue weighted by Crippen LogP contribution is -2.42. The number of sulfone groups is 1. The summed E-state index contributed by atoms with van der Waals surface area (Å²) in [6, 6.07) is 1.34. The summed E-state index contributed by atoms with van der Waals surface area (Å²) in [5.41, 5.74) is 3.03. The quantitative estimate of drug-likeness (QED) is 0.358. The Morgan fingerprint density at radius 3 is 2.53 bits per heavy atom. The number of rotatable bonds is 7. The van der Waals surface area contributed by atoms with Gasteiger partial charge in [-0.05, 0) is 52.5 Å². The lowest BCUT2D eigenvalue weighted by molar-refractivity contribution is 0.0216. The number of hydrogen-bond donors (Lipinski definition) is 4. The van der Waals surface area contributed by atoms with Crippen LogP contribution in [0.1, 0.15) is 44.0 Å². The second kappa shape index (κ2) is 9.16. The summed E-state index contributed by atoms with van der Waals surface area (Å²) in [5.74, 6) is 0.227. The van der Waals surface area contributed by atoms with Gasteiger partial charge in [0.15, 0.2) is 0 Å². The normalized spacial score (nSPS) is 25.6. The highest BCUT2D eigenvalue weighted by molar-refractivity contribution is 7.90. The van der Waals surface area contributed by atoms with Crippen LogP contribution in [0.15, 0.2) is 12.3 Å². The number of nitrogens with zero attached hydrogens (tertiary/aromatic N) is 4.